The number of anilines is 1. The van der Waals surface area contributed by atoms with E-state index in [1.807, 2.05) is 0 Å². The standard InChI is InChI=1S/C23H23N7O3S/c1-16-8-10-18(11-9-16)29-22(28-12-3-2-4-13-28)25-26-23(29)34-15-20-24-21(27-33-20)17-6-5-7-19(14-17)30(31)32/h5-11,14H,2-4,12-13,15H2,1H3. The zero-order chi connectivity index (χ0) is 23.5. The van der Waals surface area contributed by atoms with Gasteiger partial charge in [-0.3, -0.25) is 14.7 Å². The summed E-state index contributed by atoms with van der Waals surface area (Å²) in [4.78, 5) is 17.3. The van der Waals surface area contributed by atoms with Gasteiger partial charge >= 0.3 is 0 Å². The van der Waals surface area contributed by atoms with Crippen molar-refractivity contribution < 1.29 is 9.45 Å². The van der Waals surface area contributed by atoms with Crippen molar-refractivity contribution >= 4 is 23.4 Å². The molecule has 10 nitrogen and oxygen atoms in total. The monoisotopic (exact) mass is 477 g/mol. The molecule has 0 amide bonds. The lowest BCUT2D eigenvalue weighted by atomic mass is 10.1. The van der Waals surface area contributed by atoms with Gasteiger partial charge in [-0.2, -0.15) is 4.98 Å². The lowest BCUT2D eigenvalue weighted by Gasteiger charge is -2.27. The first-order valence-corrected chi connectivity index (χ1v) is 12.0. The summed E-state index contributed by atoms with van der Waals surface area (Å²) in [5, 5.41) is 24.8. The van der Waals surface area contributed by atoms with Crippen LogP contribution < -0.4 is 4.90 Å². The number of nitro benzene ring substituents is 1. The molecule has 174 valence electrons. The van der Waals surface area contributed by atoms with E-state index in [1.165, 1.54) is 35.9 Å². The second kappa shape index (κ2) is 9.64. The van der Waals surface area contributed by atoms with E-state index in [-0.39, 0.29) is 5.69 Å². The summed E-state index contributed by atoms with van der Waals surface area (Å²) in [6, 6.07) is 14.5. The van der Waals surface area contributed by atoms with Crippen LogP contribution in [0.15, 0.2) is 58.2 Å². The SMILES string of the molecule is Cc1ccc(-n2c(SCc3nc(-c4cccc([N+](=O)[O-])c4)no3)nnc2N2CCCCC2)cc1. The van der Waals surface area contributed by atoms with Crippen molar-refractivity contribution in [3.63, 3.8) is 0 Å². The fourth-order valence-electron chi connectivity index (χ4n) is 3.89. The molecular formula is C23H23N7O3S. The van der Waals surface area contributed by atoms with Gasteiger partial charge in [0.15, 0.2) is 5.16 Å². The number of thioether (sulfide) groups is 1. The van der Waals surface area contributed by atoms with E-state index in [0.717, 1.165) is 42.7 Å². The summed E-state index contributed by atoms with van der Waals surface area (Å²) >= 11 is 1.46. The molecule has 2 aromatic carbocycles. The van der Waals surface area contributed by atoms with E-state index in [0.29, 0.717) is 23.0 Å². The van der Waals surface area contributed by atoms with Crippen LogP contribution in [0.25, 0.3) is 17.1 Å². The second-order valence-electron chi connectivity index (χ2n) is 8.11. The van der Waals surface area contributed by atoms with Crippen LogP contribution in [0.5, 0.6) is 0 Å². The molecule has 3 heterocycles. The van der Waals surface area contributed by atoms with Crippen LogP contribution in [0.2, 0.25) is 0 Å². The van der Waals surface area contributed by atoms with E-state index in [1.54, 1.807) is 12.1 Å². The highest BCUT2D eigenvalue weighted by Crippen LogP contribution is 2.30. The molecule has 1 saturated heterocycles. The van der Waals surface area contributed by atoms with Gasteiger partial charge < -0.3 is 9.42 Å². The lowest BCUT2D eigenvalue weighted by molar-refractivity contribution is -0.384. The van der Waals surface area contributed by atoms with Gasteiger partial charge in [0.2, 0.25) is 17.7 Å². The minimum atomic E-state index is -0.446. The van der Waals surface area contributed by atoms with Crippen LogP contribution >= 0.6 is 11.8 Å². The van der Waals surface area contributed by atoms with Crippen LogP contribution in [-0.2, 0) is 5.75 Å². The zero-order valence-corrected chi connectivity index (χ0v) is 19.4. The van der Waals surface area contributed by atoms with Gasteiger partial charge in [0.25, 0.3) is 5.69 Å². The molecule has 1 aliphatic rings. The molecule has 0 bridgehead atoms. The second-order valence-corrected chi connectivity index (χ2v) is 9.05. The Morgan fingerprint density at radius 1 is 1.09 bits per heavy atom. The Morgan fingerprint density at radius 3 is 2.65 bits per heavy atom. The van der Waals surface area contributed by atoms with Gasteiger partial charge in [-0.15, -0.1) is 10.2 Å². The maximum Gasteiger partial charge on any atom is 0.270 e. The number of non-ortho nitro benzene ring substituents is 1. The molecule has 0 saturated carbocycles. The van der Waals surface area contributed by atoms with Crippen molar-refractivity contribution in [2.45, 2.75) is 37.1 Å². The number of piperidine rings is 1. The molecule has 0 unspecified atom stereocenters. The van der Waals surface area contributed by atoms with Crippen molar-refractivity contribution in [3.8, 4) is 17.1 Å². The number of rotatable bonds is 7. The zero-order valence-electron chi connectivity index (χ0n) is 18.6. The normalized spacial score (nSPS) is 13.9. The van der Waals surface area contributed by atoms with E-state index >= 15 is 0 Å². The first kappa shape index (κ1) is 22.1. The Kier molecular flexibility index (Phi) is 6.26. The van der Waals surface area contributed by atoms with Crippen molar-refractivity contribution in [1.29, 1.82) is 0 Å². The molecule has 5 rings (SSSR count). The number of nitrogens with zero attached hydrogens (tertiary/aromatic N) is 7. The number of hydrogen-bond donors (Lipinski definition) is 0. The fourth-order valence-corrected chi connectivity index (χ4v) is 4.67. The number of aryl methyl sites for hydroxylation is 1. The minimum Gasteiger partial charge on any atom is -0.341 e. The molecule has 0 spiro atoms. The molecule has 4 aromatic rings. The fraction of sp³-hybridized carbons (Fsp3) is 0.304. The first-order valence-electron chi connectivity index (χ1n) is 11.1. The van der Waals surface area contributed by atoms with E-state index < -0.39 is 4.92 Å². The summed E-state index contributed by atoms with van der Waals surface area (Å²) < 4.78 is 7.48. The number of nitro groups is 1. The molecule has 2 aromatic heterocycles. The quantitative estimate of drug-likeness (QED) is 0.210. The average Bonchev–Trinajstić information content (AvgIpc) is 3.51. The predicted molar refractivity (Wildman–Crippen MR) is 128 cm³/mol. The van der Waals surface area contributed by atoms with Crippen molar-refractivity contribution in [1.82, 2.24) is 24.9 Å². The molecular weight excluding hydrogens is 454 g/mol. The molecule has 1 fully saturated rings. The highest BCUT2D eigenvalue weighted by Gasteiger charge is 2.22. The maximum atomic E-state index is 11.1. The molecule has 0 N–H and O–H groups in total. The van der Waals surface area contributed by atoms with Gasteiger partial charge in [-0.1, -0.05) is 46.7 Å². The van der Waals surface area contributed by atoms with E-state index in [9.17, 15) is 10.1 Å². The van der Waals surface area contributed by atoms with Gasteiger partial charge in [-0.05, 0) is 38.3 Å². The summed E-state index contributed by atoms with van der Waals surface area (Å²) in [5.41, 5.74) is 2.70. The first-order chi connectivity index (χ1) is 16.6. The number of aromatic nitrogens is 5. The third kappa shape index (κ3) is 4.65. The Morgan fingerprint density at radius 2 is 1.88 bits per heavy atom. The maximum absolute atomic E-state index is 11.1. The molecule has 34 heavy (non-hydrogen) atoms. The average molecular weight is 478 g/mol. The summed E-state index contributed by atoms with van der Waals surface area (Å²) in [6.07, 6.45) is 3.53. The Labute approximate surface area is 200 Å². The predicted octanol–water partition coefficient (Wildman–Crippen LogP) is 4.82. The summed E-state index contributed by atoms with van der Waals surface area (Å²) in [6.45, 7) is 3.99. The molecule has 1 aliphatic heterocycles. The Balaban J connectivity index is 1.39. The van der Waals surface area contributed by atoms with Crippen LogP contribution in [0, 0.1) is 17.0 Å². The molecule has 0 atom stereocenters. The molecule has 11 heteroatoms. The lowest BCUT2D eigenvalue weighted by Crippen LogP contribution is -2.31. The topological polar surface area (TPSA) is 116 Å². The van der Waals surface area contributed by atoms with Crippen LogP contribution in [0.1, 0.15) is 30.7 Å². The molecule has 0 aliphatic carbocycles. The molecule has 0 radical (unpaired) electrons. The number of benzene rings is 2. The third-order valence-corrected chi connectivity index (χ3v) is 6.57. The number of hydrogen-bond acceptors (Lipinski definition) is 9. The smallest absolute Gasteiger partial charge is 0.270 e. The Bertz CT molecular complexity index is 1300. The van der Waals surface area contributed by atoms with Gasteiger partial charge in [0.1, 0.15) is 0 Å². The highest BCUT2D eigenvalue weighted by molar-refractivity contribution is 7.98. The van der Waals surface area contributed by atoms with Gasteiger partial charge in [-0.25, -0.2) is 0 Å². The van der Waals surface area contributed by atoms with Gasteiger partial charge in [0, 0.05) is 30.8 Å². The Hall–Kier alpha value is -3.73. The van der Waals surface area contributed by atoms with Crippen LogP contribution in [-0.4, -0.2) is 42.9 Å². The third-order valence-electron chi connectivity index (χ3n) is 5.66. The summed E-state index contributed by atoms with van der Waals surface area (Å²) in [7, 11) is 0. The van der Waals surface area contributed by atoms with E-state index in [4.69, 9.17) is 4.52 Å². The van der Waals surface area contributed by atoms with Crippen molar-refractivity contribution in [2.24, 2.45) is 0 Å². The largest absolute Gasteiger partial charge is 0.341 e. The van der Waals surface area contributed by atoms with Crippen molar-refractivity contribution in [2.75, 3.05) is 18.0 Å². The van der Waals surface area contributed by atoms with Crippen LogP contribution in [0.4, 0.5) is 11.6 Å². The van der Waals surface area contributed by atoms with Crippen molar-refractivity contribution in [3.05, 3.63) is 70.1 Å². The van der Waals surface area contributed by atoms with Crippen LogP contribution in [0.3, 0.4) is 0 Å². The summed E-state index contributed by atoms with van der Waals surface area (Å²) in [5.74, 6) is 1.96. The highest BCUT2D eigenvalue weighted by atomic mass is 32.2. The van der Waals surface area contributed by atoms with E-state index in [2.05, 4.69) is 61.0 Å². The van der Waals surface area contributed by atoms with Gasteiger partial charge in [0.05, 0.1) is 16.4 Å². The minimum absolute atomic E-state index is 0.0188.